The zero-order chi connectivity index (χ0) is 11.4. The molecule has 16 heavy (non-hydrogen) atoms. The Balaban J connectivity index is 1.95. The smallest absolute Gasteiger partial charge is 0.268 e. The summed E-state index contributed by atoms with van der Waals surface area (Å²) in [6.07, 6.45) is 4.42. The van der Waals surface area contributed by atoms with Crippen molar-refractivity contribution >= 4 is 17.7 Å². The standard InChI is InChI=1S/C9H9N3O3S/c10-12-8(13)6-3-7(15-4-6)5-16-9-11-1-2-14-9/h1-4H,5,10H2,(H,12,13). The minimum Gasteiger partial charge on any atom is -0.468 e. The third-order valence-electron chi connectivity index (χ3n) is 1.79. The summed E-state index contributed by atoms with van der Waals surface area (Å²) in [5.41, 5.74) is 2.42. The number of hydrazine groups is 1. The molecule has 0 atom stereocenters. The minimum atomic E-state index is -0.379. The van der Waals surface area contributed by atoms with E-state index in [0.717, 1.165) is 0 Å². The number of aromatic nitrogens is 1. The maximum absolute atomic E-state index is 11.1. The van der Waals surface area contributed by atoms with Crippen LogP contribution in [0, 0.1) is 0 Å². The van der Waals surface area contributed by atoms with Crippen molar-refractivity contribution < 1.29 is 13.6 Å². The molecule has 0 unspecified atom stereocenters. The fourth-order valence-corrected chi connectivity index (χ4v) is 1.75. The number of nitrogens with zero attached hydrogens (tertiary/aromatic N) is 1. The van der Waals surface area contributed by atoms with E-state index in [1.54, 1.807) is 12.3 Å². The number of nitrogens with two attached hydrogens (primary N) is 1. The van der Waals surface area contributed by atoms with Crippen LogP contribution in [0.25, 0.3) is 0 Å². The summed E-state index contributed by atoms with van der Waals surface area (Å²) in [5, 5.41) is 0.557. The Kier molecular flexibility index (Phi) is 3.28. The number of carbonyl (C=O) groups excluding carboxylic acids is 1. The van der Waals surface area contributed by atoms with E-state index in [4.69, 9.17) is 14.7 Å². The molecule has 84 valence electrons. The molecule has 0 aromatic carbocycles. The molecule has 2 rings (SSSR count). The van der Waals surface area contributed by atoms with Gasteiger partial charge in [0.15, 0.2) is 0 Å². The molecule has 0 aliphatic carbocycles. The fraction of sp³-hybridized carbons (Fsp3) is 0.111. The van der Waals surface area contributed by atoms with Gasteiger partial charge in [0.25, 0.3) is 11.1 Å². The van der Waals surface area contributed by atoms with E-state index in [9.17, 15) is 4.79 Å². The monoisotopic (exact) mass is 239 g/mol. The average molecular weight is 239 g/mol. The quantitative estimate of drug-likeness (QED) is 0.360. The molecule has 2 aromatic heterocycles. The van der Waals surface area contributed by atoms with Gasteiger partial charge in [0.05, 0.1) is 17.5 Å². The Hall–Kier alpha value is -1.73. The number of hydrogen-bond donors (Lipinski definition) is 2. The minimum absolute atomic E-state index is 0.379. The lowest BCUT2D eigenvalue weighted by atomic mass is 10.3. The largest absolute Gasteiger partial charge is 0.468 e. The highest BCUT2D eigenvalue weighted by Gasteiger charge is 2.09. The number of oxazole rings is 1. The van der Waals surface area contributed by atoms with Crippen molar-refractivity contribution in [1.82, 2.24) is 10.4 Å². The van der Waals surface area contributed by atoms with Crippen molar-refractivity contribution in [3.05, 3.63) is 36.1 Å². The Morgan fingerprint density at radius 1 is 1.56 bits per heavy atom. The lowest BCUT2D eigenvalue weighted by molar-refractivity contribution is 0.0953. The average Bonchev–Trinajstić information content (AvgIpc) is 2.96. The Morgan fingerprint density at radius 3 is 3.12 bits per heavy atom. The number of hydrogen-bond acceptors (Lipinski definition) is 6. The van der Waals surface area contributed by atoms with Crippen LogP contribution >= 0.6 is 11.8 Å². The molecule has 0 aliphatic rings. The summed E-state index contributed by atoms with van der Waals surface area (Å²) < 4.78 is 10.2. The number of nitrogens with one attached hydrogen (secondary N) is 1. The normalized spacial score (nSPS) is 10.3. The van der Waals surface area contributed by atoms with E-state index in [-0.39, 0.29) is 5.91 Å². The number of rotatable bonds is 4. The lowest BCUT2D eigenvalue weighted by Gasteiger charge is -1.92. The molecule has 0 radical (unpaired) electrons. The highest BCUT2D eigenvalue weighted by atomic mass is 32.2. The van der Waals surface area contributed by atoms with Crippen LogP contribution in [0.4, 0.5) is 0 Å². The van der Waals surface area contributed by atoms with Gasteiger partial charge in [-0.2, -0.15) is 0 Å². The molecule has 0 saturated carbocycles. The molecule has 0 bridgehead atoms. The van der Waals surface area contributed by atoms with Gasteiger partial charge in [-0.3, -0.25) is 10.2 Å². The maximum Gasteiger partial charge on any atom is 0.268 e. The third kappa shape index (κ3) is 2.44. The molecule has 0 fully saturated rings. The summed E-state index contributed by atoms with van der Waals surface area (Å²) >= 11 is 1.38. The van der Waals surface area contributed by atoms with Crippen LogP contribution in [0.15, 0.2) is 38.8 Å². The van der Waals surface area contributed by atoms with E-state index in [1.807, 2.05) is 5.43 Å². The fourth-order valence-electron chi connectivity index (χ4n) is 1.07. The Morgan fingerprint density at radius 2 is 2.44 bits per heavy atom. The second-order valence-electron chi connectivity index (χ2n) is 2.86. The number of thioether (sulfide) groups is 1. The molecule has 3 N–H and O–H groups in total. The summed E-state index contributed by atoms with van der Waals surface area (Å²) in [6.45, 7) is 0. The summed E-state index contributed by atoms with van der Waals surface area (Å²) in [5.74, 6) is 5.81. The van der Waals surface area contributed by atoms with Crippen LogP contribution < -0.4 is 11.3 Å². The maximum atomic E-state index is 11.1. The van der Waals surface area contributed by atoms with E-state index in [0.29, 0.717) is 22.3 Å². The van der Waals surface area contributed by atoms with Crippen LogP contribution in [0.3, 0.4) is 0 Å². The van der Waals surface area contributed by atoms with Gasteiger partial charge in [-0.15, -0.1) is 0 Å². The Labute approximate surface area is 95.2 Å². The Bertz CT molecular complexity index is 466. The predicted molar refractivity (Wildman–Crippen MR) is 56.4 cm³/mol. The molecule has 1 amide bonds. The summed E-state index contributed by atoms with van der Waals surface area (Å²) in [4.78, 5) is 15.1. The van der Waals surface area contributed by atoms with Crippen molar-refractivity contribution in [2.24, 2.45) is 5.84 Å². The number of furan rings is 1. The van der Waals surface area contributed by atoms with Gasteiger partial charge in [0, 0.05) is 0 Å². The summed E-state index contributed by atoms with van der Waals surface area (Å²) in [6, 6.07) is 1.62. The van der Waals surface area contributed by atoms with Crippen molar-refractivity contribution in [3.8, 4) is 0 Å². The highest BCUT2D eigenvalue weighted by molar-refractivity contribution is 7.98. The molecular formula is C9H9N3O3S. The number of nitrogen functional groups attached to an aromatic ring is 1. The molecule has 7 heteroatoms. The molecule has 0 aliphatic heterocycles. The molecule has 6 nitrogen and oxygen atoms in total. The van der Waals surface area contributed by atoms with Gasteiger partial charge >= 0.3 is 0 Å². The van der Waals surface area contributed by atoms with E-state index >= 15 is 0 Å². The van der Waals surface area contributed by atoms with Crippen LogP contribution in [0.5, 0.6) is 0 Å². The molecule has 2 aromatic rings. The molecular weight excluding hydrogens is 230 g/mol. The first-order chi connectivity index (χ1) is 7.79. The van der Waals surface area contributed by atoms with Crippen LogP contribution in [-0.4, -0.2) is 10.9 Å². The second kappa shape index (κ2) is 4.86. The number of amides is 1. The number of carbonyl (C=O) groups is 1. The van der Waals surface area contributed by atoms with Crippen molar-refractivity contribution in [1.29, 1.82) is 0 Å². The molecule has 0 spiro atoms. The van der Waals surface area contributed by atoms with Crippen molar-refractivity contribution in [2.45, 2.75) is 11.0 Å². The molecule has 0 saturated heterocycles. The first-order valence-electron chi connectivity index (χ1n) is 4.40. The second-order valence-corrected chi connectivity index (χ2v) is 3.79. The van der Waals surface area contributed by atoms with E-state index in [2.05, 4.69) is 4.98 Å². The topological polar surface area (TPSA) is 94.3 Å². The first-order valence-corrected chi connectivity index (χ1v) is 5.39. The van der Waals surface area contributed by atoms with Crippen LogP contribution in [0.1, 0.15) is 16.1 Å². The van der Waals surface area contributed by atoms with Crippen LogP contribution in [0.2, 0.25) is 0 Å². The third-order valence-corrected chi connectivity index (χ3v) is 2.67. The lowest BCUT2D eigenvalue weighted by Crippen LogP contribution is -2.29. The van der Waals surface area contributed by atoms with Crippen molar-refractivity contribution in [3.63, 3.8) is 0 Å². The van der Waals surface area contributed by atoms with Gasteiger partial charge in [0.2, 0.25) is 0 Å². The SMILES string of the molecule is NNC(=O)c1coc(CSc2ncco2)c1. The van der Waals surface area contributed by atoms with E-state index < -0.39 is 0 Å². The van der Waals surface area contributed by atoms with Gasteiger partial charge in [0.1, 0.15) is 18.3 Å². The highest BCUT2D eigenvalue weighted by Crippen LogP contribution is 2.21. The van der Waals surface area contributed by atoms with Crippen LogP contribution in [-0.2, 0) is 5.75 Å². The van der Waals surface area contributed by atoms with Gasteiger partial charge < -0.3 is 8.83 Å². The first kappa shape index (κ1) is 10.8. The van der Waals surface area contributed by atoms with E-state index in [1.165, 1.54) is 24.3 Å². The van der Waals surface area contributed by atoms with Crippen molar-refractivity contribution in [2.75, 3.05) is 0 Å². The van der Waals surface area contributed by atoms with Gasteiger partial charge in [-0.1, -0.05) is 11.8 Å². The summed E-state index contributed by atoms with van der Waals surface area (Å²) in [7, 11) is 0. The van der Waals surface area contributed by atoms with Gasteiger partial charge in [-0.05, 0) is 6.07 Å². The predicted octanol–water partition coefficient (Wildman–Crippen LogP) is 1.16. The van der Waals surface area contributed by atoms with Gasteiger partial charge in [-0.25, -0.2) is 10.8 Å². The zero-order valence-electron chi connectivity index (χ0n) is 8.17. The molecule has 2 heterocycles. The zero-order valence-corrected chi connectivity index (χ0v) is 8.99.